The summed E-state index contributed by atoms with van der Waals surface area (Å²) in [6.45, 7) is 3.27. The Labute approximate surface area is 169 Å². The molecule has 0 atom stereocenters. The number of piperazine rings is 1. The highest BCUT2D eigenvalue weighted by Gasteiger charge is 2.23. The molecule has 1 saturated heterocycles. The molecular formula is C22H22FN5O. The van der Waals surface area contributed by atoms with E-state index in [4.69, 9.17) is 0 Å². The van der Waals surface area contributed by atoms with Crippen molar-refractivity contribution in [2.75, 3.05) is 36.4 Å². The van der Waals surface area contributed by atoms with Crippen molar-refractivity contribution in [3.05, 3.63) is 84.2 Å². The van der Waals surface area contributed by atoms with Crippen molar-refractivity contribution in [3.8, 4) is 0 Å². The average molecular weight is 391 g/mol. The van der Waals surface area contributed by atoms with E-state index in [0.717, 1.165) is 16.9 Å². The molecule has 6 nitrogen and oxygen atoms in total. The fourth-order valence-electron chi connectivity index (χ4n) is 3.34. The van der Waals surface area contributed by atoms with Crippen LogP contribution in [0.25, 0.3) is 0 Å². The van der Waals surface area contributed by atoms with E-state index < -0.39 is 0 Å². The van der Waals surface area contributed by atoms with Crippen LogP contribution in [0.15, 0.2) is 67.1 Å². The highest BCUT2D eigenvalue weighted by Crippen LogP contribution is 2.18. The minimum Gasteiger partial charge on any atom is -0.381 e. The van der Waals surface area contributed by atoms with Gasteiger partial charge >= 0.3 is 0 Å². The topological polar surface area (TPSA) is 61.4 Å². The number of pyridine rings is 2. The number of hydrogen-bond donors (Lipinski definition) is 1. The van der Waals surface area contributed by atoms with Crippen LogP contribution in [0.4, 0.5) is 15.8 Å². The van der Waals surface area contributed by atoms with Gasteiger partial charge in [-0.05, 0) is 54.1 Å². The second kappa shape index (κ2) is 8.68. The molecule has 2 aromatic heterocycles. The Morgan fingerprint density at radius 1 is 0.966 bits per heavy atom. The Kier molecular flexibility index (Phi) is 5.65. The summed E-state index contributed by atoms with van der Waals surface area (Å²) in [6, 6.07) is 14.0. The first-order valence-electron chi connectivity index (χ1n) is 9.58. The maximum Gasteiger partial charge on any atom is 0.272 e. The van der Waals surface area contributed by atoms with Crippen molar-refractivity contribution in [2.24, 2.45) is 0 Å². The first-order valence-corrected chi connectivity index (χ1v) is 9.58. The number of amides is 1. The molecule has 0 bridgehead atoms. The van der Waals surface area contributed by atoms with Gasteiger partial charge in [-0.15, -0.1) is 0 Å². The van der Waals surface area contributed by atoms with Gasteiger partial charge in [0.25, 0.3) is 5.91 Å². The number of carbonyl (C=O) groups is 1. The van der Waals surface area contributed by atoms with Crippen LogP contribution in [-0.2, 0) is 6.54 Å². The molecular weight excluding hydrogens is 369 g/mol. The van der Waals surface area contributed by atoms with Crippen LogP contribution in [0.2, 0.25) is 0 Å². The van der Waals surface area contributed by atoms with E-state index >= 15 is 0 Å². The first kappa shape index (κ1) is 18.9. The SMILES string of the molecule is O=C(c1cc(NCc2ccncc2)ccn1)N1CCN(c2ccc(F)cc2)CC1. The zero-order valence-corrected chi connectivity index (χ0v) is 16.0. The lowest BCUT2D eigenvalue weighted by atomic mass is 10.2. The molecule has 1 aromatic carbocycles. The van der Waals surface area contributed by atoms with Crippen LogP contribution in [-0.4, -0.2) is 47.0 Å². The van der Waals surface area contributed by atoms with Gasteiger partial charge in [0.15, 0.2) is 0 Å². The molecule has 0 aliphatic carbocycles. The summed E-state index contributed by atoms with van der Waals surface area (Å²) in [7, 11) is 0. The quantitative estimate of drug-likeness (QED) is 0.724. The number of hydrogen-bond acceptors (Lipinski definition) is 5. The zero-order valence-electron chi connectivity index (χ0n) is 16.0. The lowest BCUT2D eigenvalue weighted by molar-refractivity contribution is 0.0741. The number of nitrogens with one attached hydrogen (secondary N) is 1. The van der Waals surface area contributed by atoms with E-state index in [1.165, 1.54) is 12.1 Å². The normalized spacial score (nSPS) is 14.0. The molecule has 0 radical (unpaired) electrons. The monoisotopic (exact) mass is 391 g/mol. The van der Waals surface area contributed by atoms with Gasteiger partial charge in [-0.25, -0.2) is 4.39 Å². The summed E-state index contributed by atoms with van der Waals surface area (Å²) in [6.07, 6.45) is 5.16. The molecule has 1 aliphatic heterocycles. The maximum atomic E-state index is 13.1. The van der Waals surface area contributed by atoms with E-state index in [-0.39, 0.29) is 11.7 Å². The molecule has 148 valence electrons. The summed E-state index contributed by atoms with van der Waals surface area (Å²) in [5, 5.41) is 3.31. The minimum absolute atomic E-state index is 0.0729. The zero-order chi connectivity index (χ0) is 20.1. The molecule has 0 saturated carbocycles. The molecule has 29 heavy (non-hydrogen) atoms. The van der Waals surface area contributed by atoms with Gasteiger partial charge in [0, 0.05) is 62.7 Å². The molecule has 1 N–H and O–H groups in total. The van der Waals surface area contributed by atoms with E-state index in [0.29, 0.717) is 38.4 Å². The van der Waals surface area contributed by atoms with Gasteiger partial charge in [0.1, 0.15) is 11.5 Å². The standard InChI is InChI=1S/C22H22FN5O/c23-18-1-3-20(4-2-18)27-11-13-28(14-12-27)22(29)21-15-19(7-10-25-21)26-16-17-5-8-24-9-6-17/h1-10,15H,11-14,16H2,(H,25,26). The fraction of sp³-hybridized carbons (Fsp3) is 0.227. The van der Waals surface area contributed by atoms with E-state index in [2.05, 4.69) is 20.2 Å². The summed E-state index contributed by atoms with van der Waals surface area (Å²) in [5.41, 5.74) is 3.37. The Morgan fingerprint density at radius 2 is 1.69 bits per heavy atom. The minimum atomic E-state index is -0.244. The van der Waals surface area contributed by atoms with Gasteiger partial charge in [-0.2, -0.15) is 0 Å². The lowest BCUT2D eigenvalue weighted by Crippen LogP contribution is -2.49. The molecule has 0 unspecified atom stereocenters. The maximum absolute atomic E-state index is 13.1. The molecule has 7 heteroatoms. The van der Waals surface area contributed by atoms with Gasteiger partial charge in [0.2, 0.25) is 0 Å². The number of halogens is 1. The van der Waals surface area contributed by atoms with Crippen LogP contribution in [0.3, 0.4) is 0 Å². The Bertz CT molecular complexity index is 956. The van der Waals surface area contributed by atoms with Crippen LogP contribution in [0.1, 0.15) is 16.1 Å². The van der Waals surface area contributed by atoms with E-state index in [9.17, 15) is 9.18 Å². The third-order valence-corrected chi connectivity index (χ3v) is 4.98. The number of aromatic nitrogens is 2. The number of nitrogens with zero attached hydrogens (tertiary/aromatic N) is 4. The fourth-order valence-corrected chi connectivity index (χ4v) is 3.34. The van der Waals surface area contributed by atoms with Crippen molar-refractivity contribution in [1.82, 2.24) is 14.9 Å². The largest absolute Gasteiger partial charge is 0.381 e. The molecule has 1 amide bonds. The second-order valence-corrected chi connectivity index (χ2v) is 6.89. The molecule has 1 aliphatic rings. The van der Waals surface area contributed by atoms with Crippen LogP contribution >= 0.6 is 0 Å². The van der Waals surface area contributed by atoms with Crippen molar-refractivity contribution in [2.45, 2.75) is 6.54 Å². The van der Waals surface area contributed by atoms with Gasteiger partial charge in [-0.1, -0.05) is 0 Å². The van der Waals surface area contributed by atoms with Crippen molar-refractivity contribution in [3.63, 3.8) is 0 Å². The Hall–Kier alpha value is -3.48. The highest BCUT2D eigenvalue weighted by molar-refractivity contribution is 5.93. The summed E-state index contributed by atoms with van der Waals surface area (Å²) in [5.74, 6) is -0.317. The summed E-state index contributed by atoms with van der Waals surface area (Å²) >= 11 is 0. The summed E-state index contributed by atoms with van der Waals surface area (Å²) < 4.78 is 13.1. The number of anilines is 2. The Balaban J connectivity index is 1.35. The van der Waals surface area contributed by atoms with Crippen LogP contribution in [0.5, 0.6) is 0 Å². The van der Waals surface area contributed by atoms with Gasteiger partial charge < -0.3 is 15.1 Å². The molecule has 1 fully saturated rings. The van der Waals surface area contributed by atoms with Crippen molar-refractivity contribution in [1.29, 1.82) is 0 Å². The van der Waals surface area contributed by atoms with Crippen molar-refractivity contribution < 1.29 is 9.18 Å². The van der Waals surface area contributed by atoms with Gasteiger partial charge in [-0.3, -0.25) is 14.8 Å². The molecule has 3 aromatic rings. The smallest absolute Gasteiger partial charge is 0.272 e. The number of rotatable bonds is 5. The molecule has 4 rings (SSSR count). The van der Waals surface area contributed by atoms with E-state index in [1.54, 1.807) is 36.8 Å². The predicted octanol–water partition coefficient (Wildman–Crippen LogP) is 3.19. The molecule has 3 heterocycles. The van der Waals surface area contributed by atoms with Crippen LogP contribution in [0, 0.1) is 5.82 Å². The number of carbonyl (C=O) groups excluding carboxylic acids is 1. The molecule has 0 spiro atoms. The highest BCUT2D eigenvalue weighted by atomic mass is 19.1. The first-order chi connectivity index (χ1) is 14.2. The van der Waals surface area contributed by atoms with Gasteiger partial charge in [0.05, 0.1) is 0 Å². The lowest BCUT2D eigenvalue weighted by Gasteiger charge is -2.36. The average Bonchev–Trinajstić information content (AvgIpc) is 2.79. The third-order valence-electron chi connectivity index (χ3n) is 4.98. The van der Waals surface area contributed by atoms with E-state index in [1.807, 2.05) is 23.1 Å². The second-order valence-electron chi connectivity index (χ2n) is 6.89. The third kappa shape index (κ3) is 4.68. The van der Waals surface area contributed by atoms with Crippen molar-refractivity contribution >= 4 is 17.3 Å². The predicted molar refractivity (Wildman–Crippen MR) is 110 cm³/mol. The van der Waals surface area contributed by atoms with Crippen LogP contribution < -0.4 is 10.2 Å². The summed E-state index contributed by atoms with van der Waals surface area (Å²) in [4.78, 5) is 25.1. The Morgan fingerprint density at radius 3 is 2.41 bits per heavy atom. The number of benzene rings is 1.